The minimum Gasteiger partial charge on any atom is -0.454 e. The Labute approximate surface area is 162 Å². The topological polar surface area (TPSA) is 36.9 Å². The van der Waals surface area contributed by atoms with Gasteiger partial charge in [0.2, 0.25) is 13.6 Å². The van der Waals surface area contributed by atoms with Crippen LogP contribution in [0, 0.1) is 0 Å². The fourth-order valence-electron chi connectivity index (χ4n) is 3.42. The quantitative estimate of drug-likeness (QED) is 0.615. The predicted molar refractivity (Wildman–Crippen MR) is 113 cm³/mol. The monoisotopic (exact) mass is 408 g/mol. The molecule has 2 aliphatic rings. The molecule has 0 atom stereocenters. The molecule has 138 valence electrons. The van der Waals surface area contributed by atoms with E-state index in [1.54, 1.807) is 0 Å². The largest absolute Gasteiger partial charge is 0.454 e. The molecular weight excluding hydrogens is 386 g/mol. The van der Waals surface area contributed by atoms with Gasteiger partial charge >= 0.3 is 0 Å². The summed E-state index contributed by atoms with van der Waals surface area (Å²) >= 11 is 5.08. The van der Waals surface area contributed by atoms with Crippen LogP contribution >= 0.6 is 28.5 Å². The molecule has 0 saturated heterocycles. The van der Waals surface area contributed by atoms with E-state index in [0.717, 1.165) is 34.1 Å². The lowest BCUT2D eigenvalue weighted by atomic mass is 10.0. The second-order valence-corrected chi connectivity index (χ2v) is 11.7. The van der Waals surface area contributed by atoms with Crippen molar-refractivity contribution in [2.24, 2.45) is 0 Å². The third-order valence-electron chi connectivity index (χ3n) is 4.62. The Morgan fingerprint density at radius 1 is 0.731 bits per heavy atom. The molecule has 7 heteroatoms. The van der Waals surface area contributed by atoms with Crippen molar-refractivity contribution in [3.63, 3.8) is 0 Å². The van der Waals surface area contributed by atoms with Gasteiger partial charge in [-0.25, -0.2) is 0 Å². The van der Waals surface area contributed by atoms with Crippen molar-refractivity contribution >= 4 is 39.1 Å². The molecular formula is C19H22O4P2S. The summed E-state index contributed by atoms with van der Waals surface area (Å²) < 4.78 is 23.0. The van der Waals surface area contributed by atoms with Gasteiger partial charge in [-0.1, -0.05) is 28.0 Å². The highest BCUT2D eigenvalue weighted by molar-refractivity contribution is 7.81. The maximum absolute atomic E-state index is 5.86. The Morgan fingerprint density at radius 3 is 1.54 bits per heavy atom. The molecule has 0 spiro atoms. The van der Waals surface area contributed by atoms with E-state index in [4.69, 9.17) is 31.6 Å². The zero-order valence-electron chi connectivity index (χ0n) is 15.3. The maximum Gasteiger partial charge on any atom is 0.231 e. The Hall–Kier alpha value is -1.15. The third kappa shape index (κ3) is 2.95. The van der Waals surface area contributed by atoms with Crippen molar-refractivity contribution in [3.05, 3.63) is 35.4 Å². The first kappa shape index (κ1) is 18.2. The van der Waals surface area contributed by atoms with Crippen LogP contribution in [0.2, 0.25) is 0 Å². The molecule has 0 saturated carbocycles. The summed E-state index contributed by atoms with van der Waals surface area (Å²) in [6, 6.07) is 8.32. The van der Waals surface area contributed by atoms with Crippen LogP contribution in [0.25, 0.3) is 0 Å². The number of ether oxygens (including phenoxy) is 4. The Balaban J connectivity index is 1.94. The number of benzene rings is 2. The smallest absolute Gasteiger partial charge is 0.231 e. The zero-order valence-corrected chi connectivity index (χ0v) is 18.0. The standard InChI is InChI=1S/C19H22O4P2S/c1-24(2)13-7-5-11-17(22-9-20-11)15(13)19(26)16-14(25(3)4)8-6-12-18(16)23-10-21-12/h5-8,19,26H,9-10H2,1-4H3. The summed E-state index contributed by atoms with van der Waals surface area (Å²) in [6.07, 6.45) is 0. The van der Waals surface area contributed by atoms with Gasteiger partial charge in [0.1, 0.15) is 0 Å². The summed E-state index contributed by atoms with van der Waals surface area (Å²) in [7, 11) is -0.656. The molecule has 0 aliphatic carbocycles. The summed E-state index contributed by atoms with van der Waals surface area (Å²) in [6.45, 7) is 9.51. The van der Waals surface area contributed by atoms with Crippen molar-refractivity contribution in [2.45, 2.75) is 5.25 Å². The van der Waals surface area contributed by atoms with Crippen LogP contribution in [-0.2, 0) is 0 Å². The van der Waals surface area contributed by atoms with E-state index in [1.165, 1.54) is 10.6 Å². The molecule has 2 heterocycles. The zero-order chi connectivity index (χ0) is 18.4. The van der Waals surface area contributed by atoms with Gasteiger partial charge in [-0.15, -0.1) is 0 Å². The van der Waals surface area contributed by atoms with Crippen LogP contribution < -0.4 is 29.6 Å². The lowest BCUT2D eigenvalue weighted by molar-refractivity contribution is 0.173. The van der Waals surface area contributed by atoms with E-state index in [0.29, 0.717) is 0 Å². The van der Waals surface area contributed by atoms with Crippen molar-refractivity contribution in [3.8, 4) is 23.0 Å². The number of rotatable bonds is 4. The van der Waals surface area contributed by atoms with Crippen LogP contribution in [0.1, 0.15) is 16.4 Å². The highest BCUT2D eigenvalue weighted by Gasteiger charge is 2.33. The van der Waals surface area contributed by atoms with E-state index < -0.39 is 0 Å². The van der Waals surface area contributed by atoms with Gasteiger partial charge in [0.15, 0.2) is 23.0 Å². The van der Waals surface area contributed by atoms with Gasteiger partial charge in [-0.2, -0.15) is 12.6 Å². The molecule has 0 fully saturated rings. The van der Waals surface area contributed by atoms with Gasteiger partial charge < -0.3 is 18.9 Å². The molecule has 0 bridgehead atoms. The summed E-state index contributed by atoms with van der Waals surface area (Å²) in [5.41, 5.74) is 2.20. The van der Waals surface area contributed by atoms with E-state index in [-0.39, 0.29) is 34.7 Å². The van der Waals surface area contributed by atoms with Crippen LogP contribution in [0.3, 0.4) is 0 Å². The highest BCUT2D eigenvalue weighted by atomic mass is 32.1. The molecule has 26 heavy (non-hydrogen) atoms. The molecule has 4 nitrogen and oxygen atoms in total. The lowest BCUT2D eigenvalue weighted by Crippen LogP contribution is -2.17. The average molecular weight is 408 g/mol. The lowest BCUT2D eigenvalue weighted by Gasteiger charge is -2.24. The SMILES string of the molecule is CP(C)c1ccc2c(c1C(S)c1c(P(C)C)ccc3c1OCO3)OCO2. The second-order valence-electron chi connectivity index (χ2n) is 6.66. The number of hydrogen-bond donors (Lipinski definition) is 1. The highest BCUT2D eigenvalue weighted by Crippen LogP contribution is 2.50. The van der Waals surface area contributed by atoms with Gasteiger partial charge in [-0.3, -0.25) is 0 Å². The molecule has 2 aromatic rings. The minimum atomic E-state index is -0.328. The van der Waals surface area contributed by atoms with Gasteiger partial charge in [0.05, 0.1) is 5.25 Å². The maximum atomic E-state index is 5.86. The van der Waals surface area contributed by atoms with Gasteiger partial charge in [0, 0.05) is 11.1 Å². The van der Waals surface area contributed by atoms with Crippen LogP contribution in [0.15, 0.2) is 24.3 Å². The van der Waals surface area contributed by atoms with Crippen LogP contribution in [-0.4, -0.2) is 40.2 Å². The number of fused-ring (bicyclic) bond motifs is 2. The molecule has 0 radical (unpaired) electrons. The van der Waals surface area contributed by atoms with Crippen molar-refractivity contribution in [1.82, 2.24) is 0 Å². The van der Waals surface area contributed by atoms with Crippen molar-refractivity contribution < 1.29 is 18.9 Å². The summed E-state index contributed by atoms with van der Waals surface area (Å²) in [5.74, 6) is 3.22. The Bertz CT molecular complexity index is 784. The second kappa shape index (κ2) is 7.11. The van der Waals surface area contributed by atoms with E-state index in [9.17, 15) is 0 Å². The Morgan fingerprint density at radius 2 is 1.15 bits per heavy atom. The molecule has 0 unspecified atom stereocenters. The minimum absolute atomic E-state index is 0.164. The number of hydrogen-bond acceptors (Lipinski definition) is 5. The summed E-state index contributed by atoms with van der Waals surface area (Å²) in [5, 5.41) is 2.40. The first-order chi connectivity index (χ1) is 12.5. The van der Waals surface area contributed by atoms with Gasteiger partial charge in [0.25, 0.3) is 0 Å². The fourth-order valence-corrected chi connectivity index (χ4v) is 6.31. The predicted octanol–water partition coefficient (Wildman–Crippen LogP) is 3.90. The average Bonchev–Trinajstić information content (AvgIpc) is 3.27. The number of thiol groups is 1. The molecule has 0 amide bonds. The van der Waals surface area contributed by atoms with Crippen LogP contribution in [0.4, 0.5) is 0 Å². The Kier molecular flexibility index (Phi) is 4.98. The third-order valence-corrected chi connectivity index (χ3v) is 7.84. The van der Waals surface area contributed by atoms with E-state index >= 15 is 0 Å². The molecule has 4 rings (SSSR count). The first-order valence-corrected chi connectivity index (χ1v) is 13.4. The molecule has 0 aromatic heterocycles. The van der Waals surface area contributed by atoms with Gasteiger partial charge in [-0.05, 0) is 49.4 Å². The van der Waals surface area contributed by atoms with Crippen LogP contribution in [0.5, 0.6) is 23.0 Å². The summed E-state index contributed by atoms with van der Waals surface area (Å²) in [4.78, 5) is 0. The van der Waals surface area contributed by atoms with E-state index in [1.807, 2.05) is 12.1 Å². The first-order valence-electron chi connectivity index (χ1n) is 8.36. The van der Waals surface area contributed by atoms with Crippen molar-refractivity contribution in [2.75, 3.05) is 40.2 Å². The molecule has 2 aliphatic heterocycles. The molecule has 2 aromatic carbocycles. The normalized spacial score (nSPS) is 14.8. The van der Waals surface area contributed by atoms with Crippen molar-refractivity contribution in [1.29, 1.82) is 0 Å². The van der Waals surface area contributed by atoms with E-state index in [2.05, 4.69) is 38.8 Å². The fraction of sp³-hybridized carbons (Fsp3) is 0.368. The molecule has 0 N–H and O–H groups in total.